The van der Waals surface area contributed by atoms with Gasteiger partial charge in [-0.15, -0.1) is 0 Å². The first-order valence-corrected chi connectivity index (χ1v) is 14.6. The number of piperidine rings is 1. The number of fused-ring (bicyclic) bond motifs is 6. The highest BCUT2D eigenvalue weighted by Gasteiger charge is 2.25. The summed E-state index contributed by atoms with van der Waals surface area (Å²) in [6, 6.07) is 23.4. The molecule has 0 radical (unpaired) electrons. The van der Waals surface area contributed by atoms with Crippen molar-refractivity contribution in [2.75, 3.05) is 34.4 Å². The summed E-state index contributed by atoms with van der Waals surface area (Å²) < 4.78 is 0. The van der Waals surface area contributed by atoms with Crippen molar-refractivity contribution >= 4 is 58.1 Å². The van der Waals surface area contributed by atoms with Crippen LogP contribution in [0.15, 0.2) is 79.0 Å². The Balaban J connectivity index is 1.11. The van der Waals surface area contributed by atoms with Crippen molar-refractivity contribution in [2.24, 2.45) is 5.92 Å². The zero-order chi connectivity index (χ0) is 28.9. The van der Waals surface area contributed by atoms with Crippen LogP contribution in [0.1, 0.15) is 30.4 Å². The predicted octanol–water partition coefficient (Wildman–Crippen LogP) is 6.99. The number of carbonyl (C=O) groups excluding carboxylic acids is 2. The molecule has 3 amide bonds. The number of nitrogens with one attached hydrogen (secondary N) is 4. The van der Waals surface area contributed by atoms with E-state index in [2.05, 4.69) is 43.4 Å². The van der Waals surface area contributed by atoms with E-state index in [0.29, 0.717) is 36.3 Å². The Hall–Kier alpha value is -4.63. The van der Waals surface area contributed by atoms with Crippen molar-refractivity contribution in [1.29, 1.82) is 0 Å². The third kappa shape index (κ3) is 6.80. The van der Waals surface area contributed by atoms with Gasteiger partial charge in [0.05, 0.1) is 6.20 Å². The van der Waals surface area contributed by atoms with Crippen molar-refractivity contribution in [1.82, 2.24) is 14.9 Å². The standard InChI is InChI=1S/C32H32ClN7O2/c33-27-20-34-31-36-25-8-4-5-21(17-25)9-10-23-19-26(35-30(27)39-31)11-12-28(23)38-29(41)18-22-13-15-40(16-14-22)32(42)37-24-6-2-1-3-7-24/h1-8,11-12,17,19-20,22H,9-10,13-16,18H2,(H,37,42)(H,38,41)(H2,34,35,36,39). The SMILES string of the molecule is O=C(CC1CCN(C(=O)Nc2ccccc2)CC1)Nc1ccc2cc1CCc1cccc(c1)Nc1ncc(Cl)c(n1)N2. The first-order chi connectivity index (χ1) is 20.5. The van der Waals surface area contributed by atoms with Gasteiger partial charge < -0.3 is 26.2 Å². The number of hydrogen-bond donors (Lipinski definition) is 4. The number of hydrogen-bond acceptors (Lipinski definition) is 6. The van der Waals surface area contributed by atoms with Gasteiger partial charge >= 0.3 is 6.03 Å². The van der Waals surface area contributed by atoms with Gasteiger partial charge in [-0.05, 0) is 85.2 Å². The number of halogens is 1. The predicted molar refractivity (Wildman–Crippen MR) is 167 cm³/mol. The van der Waals surface area contributed by atoms with Crippen LogP contribution in [0.4, 0.5) is 39.3 Å². The van der Waals surface area contributed by atoms with E-state index in [1.807, 2.05) is 65.6 Å². The molecule has 9 nitrogen and oxygen atoms in total. The number of carbonyl (C=O) groups is 2. The Kier molecular flexibility index (Phi) is 8.18. The third-order valence-electron chi connectivity index (χ3n) is 7.65. The molecule has 1 fully saturated rings. The largest absolute Gasteiger partial charge is 0.339 e. The van der Waals surface area contributed by atoms with Crippen molar-refractivity contribution < 1.29 is 9.59 Å². The fourth-order valence-electron chi connectivity index (χ4n) is 5.39. The second kappa shape index (κ2) is 12.5. The number of anilines is 6. The van der Waals surface area contributed by atoms with E-state index in [1.54, 1.807) is 6.20 Å². The van der Waals surface area contributed by atoms with Crippen molar-refractivity contribution in [3.63, 3.8) is 0 Å². The van der Waals surface area contributed by atoms with Crippen LogP contribution in [0.25, 0.3) is 0 Å². The molecule has 0 atom stereocenters. The van der Waals surface area contributed by atoms with Crippen molar-refractivity contribution in [2.45, 2.75) is 32.1 Å². The minimum absolute atomic E-state index is 0.0169. The van der Waals surface area contributed by atoms with Gasteiger partial charge in [0, 0.05) is 42.3 Å². The molecule has 6 rings (SSSR count). The van der Waals surface area contributed by atoms with Gasteiger partial charge in [-0.3, -0.25) is 4.79 Å². The first kappa shape index (κ1) is 27.5. The Labute approximate surface area is 249 Å². The average Bonchev–Trinajstić information content (AvgIpc) is 3.00. The minimum Gasteiger partial charge on any atom is -0.339 e. The number of nitrogens with zero attached hydrogens (tertiary/aromatic N) is 3. The Morgan fingerprint density at radius 3 is 2.55 bits per heavy atom. The third-order valence-corrected chi connectivity index (χ3v) is 7.93. The summed E-state index contributed by atoms with van der Waals surface area (Å²) in [5, 5.41) is 13.1. The van der Waals surface area contributed by atoms with Gasteiger partial charge in [0.25, 0.3) is 0 Å². The van der Waals surface area contributed by atoms with E-state index in [1.165, 1.54) is 0 Å². The van der Waals surface area contributed by atoms with Crippen LogP contribution in [-0.4, -0.2) is 39.9 Å². The van der Waals surface area contributed by atoms with Crippen LogP contribution < -0.4 is 21.3 Å². The summed E-state index contributed by atoms with van der Waals surface area (Å²) >= 11 is 6.39. The zero-order valence-corrected chi connectivity index (χ0v) is 23.8. The Morgan fingerprint density at radius 1 is 0.905 bits per heavy atom. The number of aryl methyl sites for hydroxylation is 2. The van der Waals surface area contributed by atoms with Crippen LogP contribution in [0, 0.1) is 5.92 Å². The Morgan fingerprint density at radius 2 is 1.71 bits per heavy atom. The molecule has 4 aromatic rings. The smallest absolute Gasteiger partial charge is 0.321 e. The van der Waals surface area contributed by atoms with E-state index in [-0.39, 0.29) is 17.9 Å². The normalized spacial score (nSPS) is 14.7. The number of aromatic nitrogens is 2. The van der Waals surface area contributed by atoms with Crippen LogP contribution in [-0.2, 0) is 17.6 Å². The summed E-state index contributed by atoms with van der Waals surface area (Å²) in [4.78, 5) is 36.5. The second-order valence-electron chi connectivity index (χ2n) is 10.7. The molecule has 2 aliphatic rings. The number of benzene rings is 3. The highest BCUT2D eigenvalue weighted by Crippen LogP contribution is 2.30. The molecule has 6 bridgehead atoms. The molecule has 3 aromatic carbocycles. The lowest BCUT2D eigenvalue weighted by molar-refractivity contribution is -0.117. The maximum Gasteiger partial charge on any atom is 0.321 e. The van der Waals surface area contributed by atoms with E-state index in [9.17, 15) is 9.59 Å². The maximum atomic E-state index is 13.2. The molecular weight excluding hydrogens is 550 g/mol. The molecule has 0 spiro atoms. The van der Waals surface area contributed by atoms with E-state index < -0.39 is 0 Å². The molecule has 0 unspecified atom stereocenters. The van der Waals surface area contributed by atoms with Crippen molar-refractivity contribution in [3.8, 4) is 0 Å². The molecule has 42 heavy (non-hydrogen) atoms. The molecule has 214 valence electrons. The molecule has 0 aliphatic carbocycles. The molecule has 2 aliphatic heterocycles. The van der Waals surface area contributed by atoms with Crippen LogP contribution in [0.2, 0.25) is 5.02 Å². The molecule has 1 saturated heterocycles. The minimum atomic E-state index is -0.0985. The number of likely N-dealkylation sites (tertiary alicyclic amines) is 1. The van der Waals surface area contributed by atoms with Gasteiger partial charge in [0.1, 0.15) is 5.02 Å². The average molecular weight is 582 g/mol. The Bertz CT molecular complexity index is 1590. The van der Waals surface area contributed by atoms with Gasteiger partial charge in [-0.2, -0.15) is 4.98 Å². The highest BCUT2D eigenvalue weighted by atomic mass is 35.5. The van der Waals surface area contributed by atoms with E-state index in [0.717, 1.165) is 59.6 Å². The van der Waals surface area contributed by atoms with Crippen LogP contribution >= 0.6 is 11.6 Å². The van der Waals surface area contributed by atoms with E-state index >= 15 is 0 Å². The molecule has 3 heterocycles. The highest BCUT2D eigenvalue weighted by molar-refractivity contribution is 6.32. The number of amides is 3. The molecule has 0 saturated carbocycles. The first-order valence-electron chi connectivity index (χ1n) is 14.2. The number of rotatable bonds is 4. The second-order valence-corrected chi connectivity index (χ2v) is 11.1. The van der Waals surface area contributed by atoms with Crippen LogP contribution in [0.3, 0.4) is 0 Å². The van der Waals surface area contributed by atoms with Gasteiger partial charge in [-0.1, -0.05) is 41.9 Å². The lowest BCUT2D eigenvalue weighted by Crippen LogP contribution is -2.41. The molecule has 10 heteroatoms. The van der Waals surface area contributed by atoms with Gasteiger partial charge in [0.2, 0.25) is 11.9 Å². The fourth-order valence-corrected chi connectivity index (χ4v) is 5.53. The summed E-state index contributed by atoms with van der Waals surface area (Å²) in [5.41, 5.74) is 5.47. The molecular formula is C32H32ClN7O2. The monoisotopic (exact) mass is 581 g/mol. The summed E-state index contributed by atoms with van der Waals surface area (Å²) in [7, 11) is 0. The van der Waals surface area contributed by atoms with Crippen molar-refractivity contribution in [3.05, 3.63) is 95.1 Å². The van der Waals surface area contributed by atoms with Gasteiger partial charge in [-0.25, -0.2) is 9.78 Å². The summed E-state index contributed by atoms with van der Waals surface area (Å²) in [6.07, 6.45) is 5.10. The summed E-state index contributed by atoms with van der Waals surface area (Å²) in [5.74, 6) is 1.15. The number of para-hydroxylation sites is 1. The number of urea groups is 1. The van der Waals surface area contributed by atoms with E-state index in [4.69, 9.17) is 11.6 Å². The van der Waals surface area contributed by atoms with Crippen LogP contribution in [0.5, 0.6) is 0 Å². The molecule has 1 aromatic heterocycles. The topological polar surface area (TPSA) is 111 Å². The fraction of sp³-hybridized carbons (Fsp3) is 0.250. The maximum absolute atomic E-state index is 13.2. The zero-order valence-electron chi connectivity index (χ0n) is 23.1. The summed E-state index contributed by atoms with van der Waals surface area (Å²) in [6.45, 7) is 1.26. The molecule has 4 N–H and O–H groups in total. The quantitative estimate of drug-likeness (QED) is 0.207. The van der Waals surface area contributed by atoms with Gasteiger partial charge in [0.15, 0.2) is 5.82 Å². The lowest BCUT2D eigenvalue weighted by Gasteiger charge is -2.31. The lowest BCUT2D eigenvalue weighted by atomic mass is 9.93.